The molecule has 4 N–H and O–H groups in total. The predicted octanol–water partition coefficient (Wildman–Crippen LogP) is 1.68. The number of guanidine groups is 1. The number of hydrogen-bond donors (Lipinski definition) is 3. The quantitative estimate of drug-likeness (QED) is 0.193. The Morgan fingerprint density at radius 3 is 2.57 bits per heavy atom. The lowest BCUT2D eigenvalue weighted by molar-refractivity contribution is 0.580. The predicted molar refractivity (Wildman–Crippen MR) is 106 cm³/mol. The third-order valence-corrected chi connectivity index (χ3v) is 4.48. The first-order valence-electron chi connectivity index (χ1n) is 6.97. The zero-order chi connectivity index (χ0) is 16.8. The van der Waals surface area contributed by atoms with Gasteiger partial charge in [-0.1, -0.05) is 24.3 Å². The first-order chi connectivity index (χ1) is 10.2. The van der Waals surface area contributed by atoms with Crippen LogP contribution in [0.1, 0.15) is 18.1 Å². The van der Waals surface area contributed by atoms with Crippen molar-refractivity contribution in [1.82, 2.24) is 10.0 Å². The van der Waals surface area contributed by atoms with Crippen LogP contribution in [0.25, 0.3) is 0 Å². The topological polar surface area (TPSA) is 96.6 Å². The second-order valence-corrected chi connectivity index (χ2v) is 6.99. The van der Waals surface area contributed by atoms with Crippen molar-refractivity contribution in [2.24, 2.45) is 10.7 Å². The van der Waals surface area contributed by atoms with Crippen LogP contribution < -0.4 is 15.8 Å². The van der Waals surface area contributed by atoms with E-state index in [1.807, 2.05) is 19.9 Å². The van der Waals surface area contributed by atoms with Gasteiger partial charge in [-0.2, -0.15) is 0 Å². The zero-order valence-electron chi connectivity index (χ0n) is 13.7. The van der Waals surface area contributed by atoms with E-state index >= 15 is 0 Å². The molecule has 0 aliphatic heterocycles. The van der Waals surface area contributed by atoms with E-state index in [1.54, 1.807) is 19.1 Å². The monoisotopic (exact) mass is 452 g/mol. The number of sulfonamides is 1. The van der Waals surface area contributed by atoms with Gasteiger partial charge in [0, 0.05) is 13.1 Å². The van der Waals surface area contributed by atoms with E-state index in [-0.39, 0.29) is 36.5 Å². The smallest absolute Gasteiger partial charge is 0.240 e. The molecule has 130 valence electrons. The SMILES string of the molecule is C=C(C)CN=C(N)NCCNS(=O)(=O)c1cc(C)ccc1C.I. The summed E-state index contributed by atoms with van der Waals surface area (Å²) in [7, 11) is -3.52. The van der Waals surface area contributed by atoms with Gasteiger partial charge in [-0.05, 0) is 38.0 Å². The Bertz CT molecular complexity index is 672. The number of hydrogen-bond acceptors (Lipinski definition) is 3. The molecule has 0 aromatic heterocycles. The Morgan fingerprint density at radius 1 is 1.30 bits per heavy atom. The maximum absolute atomic E-state index is 12.3. The summed E-state index contributed by atoms with van der Waals surface area (Å²) in [5, 5.41) is 2.85. The van der Waals surface area contributed by atoms with Crippen molar-refractivity contribution in [2.75, 3.05) is 19.6 Å². The van der Waals surface area contributed by atoms with Crippen LogP contribution in [-0.2, 0) is 10.0 Å². The average Bonchev–Trinajstić information content (AvgIpc) is 2.44. The van der Waals surface area contributed by atoms with E-state index in [4.69, 9.17) is 5.73 Å². The number of halogens is 1. The summed E-state index contributed by atoms with van der Waals surface area (Å²) in [5.74, 6) is 0.272. The van der Waals surface area contributed by atoms with Gasteiger partial charge in [0.15, 0.2) is 5.96 Å². The molecule has 0 bridgehead atoms. The molecule has 0 fully saturated rings. The van der Waals surface area contributed by atoms with Crippen molar-refractivity contribution >= 4 is 40.0 Å². The van der Waals surface area contributed by atoms with Gasteiger partial charge in [-0.3, -0.25) is 0 Å². The Hall–Kier alpha value is -1.13. The third kappa shape index (κ3) is 7.80. The first kappa shape index (κ1) is 21.9. The zero-order valence-corrected chi connectivity index (χ0v) is 16.9. The number of nitrogens with zero attached hydrogens (tertiary/aromatic N) is 1. The van der Waals surface area contributed by atoms with Crippen molar-refractivity contribution in [1.29, 1.82) is 0 Å². The number of aliphatic imine (C=N–C) groups is 1. The number of nitrogens with one attached hydrogen (secondary N) is 2. The van der Waals surface area contributed by atoms with E-state index in [2.05, 4.69) is 21.6 Å². The lowest BCUT2D eigenvalue weighted by Crippen LogP contribution is -2.38. The normalized spacial score (nSPS) is 11.7. The van der Waals surface area contributed by atoms with Gasteiger partial charge in [0.1, 0.15) is 0 Å². The van der Waals surface area contributed by atoms with Crippen LogP contribution in [0.15, 0.2) is 40.2 Å². The molecule has 0 amide bonds. The van der Waals surface area contributed by atoms with E-state index in [1.165, 1.54) is 0 Å². The summed E-state index contributed by atoms with van der Waals surface area (Å²) in [5.41, 5.74) is 8.17. The molecule has 1 aromatic carbocycles. The molecule has 0 saturated heterocycles. The summed E-state index contributed by atoms with van der Waals surface area (Å²) >= 11 is 0. The highest BCUT2D eigenvalue weighted by Crippen LogP contribution is 2.16. The van der Waals surface area contributed by atoms with Gasteiger partial charge in [-0.25, -0.2) is 18.1 Å². The second kappa shape index (κ2) is 9.89. The maximum atomic E-state index is 12.3. The van der Waals surface area contributed by atoms with Crippen molar-refractivity contribution in [3.8, 4) is 0 Å². The molecule has 23 heavy (non-hydrogen) atoms. The Morgan fingerprint density at radius 2 is 1.96 bits per heavy atom. The molecule has 0 aliphatic carbocycles. The standard InChI is InChI=1S/C15H24N4O2S.HI/c1-11(2)10-18-15(16)17-7-8-19-22(20,21)14-9-12(3)5-6-13(14)4;/h5-6,9,19H,1,7-8,10H2,2-4H3,(H3,16,17,18);1H. The van der Waals surface area contributed by atoms with Crippen molar-refractivity contribution in [2.45, 2.75) is 25.7 Å². The van der Waals surface area contributed by atoms with E-state index < -0.39 is 10.0 Å². The highest BCUT2D eigenvalue weighted by molar-refractivity contribution is 14.0. The lowest BCUT2D eigenvalue weighted by Gasteiger charge is -2.11. The summed E-state index contributed by atoms with van der Waals surface area (Å²) in [6, 6.07) is 5.34. The van der Waals surface area contributed by atoms with Crippen molar-refractivity contribution in [3.63, 3.8) is 0 Å². The summed E-state index contributed by atoms with van der Waals surface area (Å²) < 4.78 is 27.1. The number of benzene rings is 1. The van der Waals surface area contributed by atoms with Crippen LogP contribution >= 0.6 is 24.0 Å². The van der Waals surface area contributed by atoms with Crippen molar-refractivity contribution in [3.05, 3.63) is 41.5 Å². The van der Waals surface area contributed by atoms with Gasteiger partial charge in [0.05, 0.1) is 11.4 Å². The average molecular weight is 452 g/mol. The van der Waals surface area contributed by atoms with Crippen molar-refractivity contribution < 1.29 is 8.42 Å². The fourth-order valence-electron chi connectivity index (χ4n) is 1.73. The molecule has 0 aliphatic rings. The van der Waals surface area contributed by atoms with Gasteiger partial charge in [0.25, 0.3) is 0 Å². The van der Waals surface area contributed by atoms with Crippen LogP contribution in [0.2, 0.25) is 0 Å². The Labute approximate surface area is 155 Å². The van der Waals surface area contributed by atoms with Crippen LogP contribution in [0, 0.1) is 13.8 Å². The van der Waals surface area contributed by atoms with Crippen LogP contribution in [0.3, 0.4) is 0 Å². The Balaban J connectivity index is 0.00000484. The fourth-order valence-corrected chi connectivity index (χ4v) is 3.09. The highest BCUT2D eigenvalue weighted by Gasteiger charge is 2.16. The summed E-state index contributed by atoms with van der Waals surface area (Å²) in [4.78, 5) is 4.35. The molecule has 1 rings (SSSR count). The molecule has 0 spiro atoms. The molecule has 0 radical (unpaired) electrons. The second-order valence-electron chi connectivity index (χ2n) is 5.25. The van der Waals surface area contributed by atoms with E-state index in [0.717, 1.165) is 11.1 Å². The summed E-state index contributed by atoms with van der Waals surface area (Å²) in [6.45, 7) is 10.2. The minimum absolute atomic E-state index is 0. The van der Waals surface area contributed by atoms with Crippen LogP contribution in [0.5, 0.6) is 0 Å². The van der Waals surface area contributed by atoms with Gasteiger partial charge < -0.3 is 11.1 Å². The highest BCUT2D eigenvalue weighted by atomic mass is 127. The summed E-state index contributed by atoms with van der Waals surface area (Å²) in [6.07, 6.45) is 0. The lowest BCUT2D eigenvalue weighted by atomic mass is 10.2. The van der Waals surface area contributed by atoms with Gasteiger partial charge in [-0.15, -0.1) is 24.0 Å². The molecule has 0 heterocycles. The molecule has 0 saturated carbocycles. The molecular formula is C15H25IN4O2S. The number of nitrogens with two attached hydrogens (primary N) is 1. The number of rotatable bonds is 7. The third-order valence-electron chi connectivity index (χ3n) is 2.88. The largest absolute Gasteiger partial charge is 0.370 e. The molecule has 8 heteroatoms. The van der Waals surface area contributed by atoms with Gasteiger partial charge in [0.2, 0.25) is 10.0 Å². The van der Waals surface area contributed by atoms with Crippen LogP contribution in [-0.4, -0.2) is 34.0 Å². The molecule has 0 unspecified atom stereocenters. The van der Waals surface area contributed by atoms with Gasteiger partial charge >= 0.3 is 0 Å². The maximum Gasteiger partial charge on any atom is 0.240 e. The Kier molecular flexibility index (Phi) is 9.40. The van der Waals surface area contributed by atoms with Crippen LogP contribution in [0.4, 0.5) is 0 Å². The molecule has 1 aromatic rings. The minimum Gasteiger partial charge on any atom is -0.370 e. The first-order valence-corrected chi connectivity index (χ1v) is 8.46. The fraction of sp³-hybridized carbons (Fsp3) is 0.400. The number of aryl methyl sites for hydroxylation is 2. The minimum atomic E-state index is -3.52. The molecule has 6 nitrogen and oxygen atoms in total. The van der Waals surface area contributed by atoms with E-state index in [9.17, 15) is 8.42 Å². The molecule has 0 atom stereocenters. The van der Waals surface area contributed by atoms with E-state index in [0.29, 0.717) is 23.5 Å². The molecular weight excluding hydrogens is 427 g/mol.